The number of benzene rings is 1. The van der Waals surface area contributed by atoms with Crippen molar-refractivity contribution in [1.29, 1.82) is 0 Å². The van der Waals surface area contributed by atoms with Crippen LogP contribution in [0.2, 0.25) is 0 Å². The third-order valence-electron chi connectivity index (χ3n) is 2.79. The van der Waals surface area contributed by atoms with E-state index in [0.717, 1.165) is 17.7 Å². The second kappa shape index (κ2) is 9.12. The van der Waals surface area contributed by atoms with E-state index >= 15 is 0 Å². The summed E-state index contributed by atoms with van der Waals surface area (Å²) in [7, 11) is 0. The number of carboxylic acids is 1. The van der Waals surface area contributed by atoms with E-state index in [0.29, 0.717) is 6.54 Å². The average molecular weight is 312 g/mol. The number of hydrogen-bond acceptors (Lipinski definition) is 4. The Bertz CT molecular complexity index is 465. The van der Waals surface area contributed by atoms with Crippen molar-refractivity contribution >= 4 is 23.8 Å². The predicted octanol–water partition coefficient (Wildman–Crippen LogP) is 1.44. The topological polar surface area (TPSA) is 98.7 Å². The van der Waals surface area contributed by atoms with Crippen molar-refractivity contribution in [2.24, 2.45) is 0 Å². The van der Waals surface area contributed by atoms with Gasteiger partial charge in [0.15, 0.2) is 0 Å². The molecule has 116 valence electrons. The van der Waals surface area contributed by atoms with Crippen molar-refractivity contribution in [2.45, 2.75) is 18.9 Å². The Morgan fingerprint density at radius 3 is 2.52 bits per heavy atom. The zero-order valence-electron chi connectivity index (χ0n) is 11.8. The Kier molecular flexibility index (Phi) is 7.45. The van der Waals surface area contributed by atoms with Crippen LogP contribution in [0.3, 0.4) is 0 Å². The molecule has 0 fully saturated rings. The molecule has 0 aromatic heterocycles. The number of amides is 2. The number of phenols is 1. The third kappa shape index (κ3) is 6.89. The molecular formula is C14H20N2O4S. The molecule has 0 aliphatic rings. The largest absolute Gasteiger partial charge is 0.508 e. The summed E-state index contributed by atoms with van der Waals surface area (Å²) in [5, 5.41) is 23.4. The Morgan fingerprint density at radius 2 is 1.95 bits per heavy atom. The van der Waals surface area contributed by atoms with Crippen LogP contribution in [-0.4, -0.2) is 46.8 Å². The molecule has 6 nitrogen and oxygen atoms in total. The van der Waals surface area contributed by atoms with Gasteiger partial charge in [-0.1, -0.05) is 12.1 Å². The second-order valence-corrected chi connectivity index (χ2v) is 5.49. The minimum Gasteiger partial charge on any atom is -0.508 e. The predicted molar refractivity (Wildman–Crippen MR) is 82.8 cm³/mol. The second-order valence-electron chi connectivity index (χ2n) is 4.51. The fourth-order valence-electron chi connectivity index (χ4n) is 1.70. The number of hydrogen-bond donors (Lipinski definition) is 4. The molecule has 1 rings (SSSR count). The van der Waals surface area contributed by atoms with E-state index in [1.807, 2.05) is 6.26 Å². The summed E-state index contributed by atoms with van der Waals surface area (Å²) in [4.78, 5) is 22.8. The molecule has 4 N–H and O–H groups in total. The Morgan fingerprint density at radius 1 is 1.29 bits per heavy atom. The van der Waals surface area contributed by atoms with E-state index in [2.05, 4.69) is 10.6 Å². The number of carboxylic acid groups (broad SMARTS) is 1. The zero-order chi connectivity index (χ0) is 15.7. The van der Waals surface area contributed by atoms with Gasteiger partial charge in [-0.2, -0.15) is 11.8 Å². The third-order valence-corrected chi connectivity index (χ3v) is 3.49. The number of urea groups is 1. The summed E-state index contributed by atoms with van der Waals surface area (Å²) in [6, 6.07) is 4.73. The highest BCUT2D eigenvalue weighted by Crippen LogP contribution is 2.11. The van der Waals surface area contributed by atoms with Gasteiger partial charge in [0.1, 0.15) is 11.8 Å². The molecule has 2 amide bonds. The molecule has 1 aromatic rings. The normalized spacial score (nSPS) is 11.7. The van der Waals surface area contributed by atoms with Crippen molar-refractivity contribution in [3.8, 4) is 5.75 Å². The van der Waals surface area contributed by atoms with E-state index in [1.165, 1.54) is 12.1 Å². The van der Waals surface area contributed by atoms with Crippen LogP contribution in [0.1, 0.15) is 12.0 Å². The Hall–Kier alpha value is -1.89. The lowest BCUT2D eigenvalue weighted by Gasteiger charge is -2.15. The molecule has 7 heteroatoms. The lowest BCUT2D eigenvalue weighted by molar-refractivity contribution is -0.139. The lowest BCUT2D eigenvalue weighted by atomic mass is 10.1. The fraction of sp³-hybridized carbons (Fsp3) is 0.429. The van der Waals surface area contributed by atoms with Crippen molar-refractivity contribution < 1.29 is 19.8 Å². The number of aromatic hydroxyl groups is 1. The number of rotatable bonds is 8. The number of phenolic OH excluding ortho intramolecular Hbond substituents is 1. The monoisotopic (exact) mass is 312 g/mol. The first-order valence-electron chi connectivity index (χ1n) is 6.57. The van der Waals surface area contributed by atoms with Crippen molar-refractivity contribution in [3.63, 3.8) is 0 Å². The van der Waals surface area contributed by atoms with E-state index < -0.39 is 18.0 Å². The maximum Gasteiger partial charge on any atom is 0.326 e. The minimum absolute atomic E-state index is 0.116. The first-order chi connectivity index (χ1) is 10.0. The fourth-order valence-corrected chi connectivity index (χ4v) is 2.13. The van der Waals surface area contributed by atoms with E-state index in [1.54, 1.807) is 23.9 Å². The van der Waals surface area contributed by atoms with Crippen LogP contribution in [-0.2, 0) is 11.2 Å². The lowest BCUT2D eigenvalue weighted by Crippen LogP contribution is -2.47. The summed E-state index contributed by atoms with van der Waals surface area (Å²) >= 11 is 1.69. The molecule has 0 unspecified atom stereocenters. The Balaban J connectivity index is 2.48. The van der Waals surface area contributed by atoms with Gasteiger partial charge in [0, 0.05) is 13.0 Å². The molecule has 0 heterocycles. The zero-order valence-corrected chi connectivity index (χ0v) is 12.7. The highest BCUT2D eigenvalue weighted by molar-refractivity contribution is 7.98. The van der Waals surface area contributed by atoms with Gasteiger partial charge >= 0.3 is 12.0 Å². The van der Waals surface area contributed by atoms with Gasteiger partial charge in [0.2, 0.25) is 0 Å². The molecule has 1 aromatic carbocycles. The maximum atomic E-state index is 11.6. The molecule has 0 radical (unpaired) electrons. The number of carbonyl (C=O) groups is 2. The Labute approximate surface area is 127 Å². The van der Waals surface area contributed by atoms with Crippen LogP contribution >= 0.6 is 11.8 Å². The molecular weight excluding hydrogens is 292 g/mol. The van der Waals surface area contributed by atoms with Gasteiger partial charge in [-0.3, -0.25) is 0 Å². The van der Waals surface area contributed by atoms with Crippen molar-refractivity contribution in [2.75, 3.05) is 18.6 Å². The highest BCUT2D eigenvalue weighted by Gasteiger charge is 2.20. The van der Waals surface area contributed by atoms with Crippen LogP contribution in [0, 0.1) is 0 Å². The maximum absolute atomic E-state index is 11.6. The molecule has 0 bridgehead atoms. The van der Waals surface area contributed by atoms with E-state index in [9.17, 15) is 14.7 Å². The summed E-state index contributed by atoms with van der Waals surface area (Å²) < 4.78 is 0. The number of nitrogens with one attached hydrogen (secondary N) is 2. The van der Waals surface area contributed by atoms with Gasteiger partial charge in [0.25, 0.3) is 0 Å². The molecule has 0 aliphatic heterocycles. The van der Waals surface area contributed by atoms with Gasteiger partial charge in [-0.15, -0.1) is 0 Å². The van der Waals surface area contributed by atoms with Crippen LogP contribution in [0.5, 0.6) is 5.75 Å². The average Bonchev–Trinajstić information content (AvgIpc) is 2.45. The SMILES string of the molecule is CSCCCNC(=O)N[C@H](Cc1ccc(O)cc1)C(=O)O. The van der Waals surface area contributed by atoms with Gasteiger partial charge in [-0.25, -0.2) is 9.59 Å². The summed E-state index contributed by atoms with van der Waals surface area (Å²) in [6.45, 7) is 0.512. The summed E-state index contributed by atoms with van der Waals surface area (Å²) in [6.07, 6.45) is 2.98. The van der Waals surface area contributed by atoms with E-state index in [4.69, 9.17) is 5.11 Å². The number of aliphatic carboxylic acids is 1. The summed E-state index contributed by atoms with van der Waals surface area (Å²) in [5.74, 6) is -0.0386. The van der Waals surface area contributed by atoms with Crippen LogP contribution in [0.25, 0.3) is 0 Å². The van der Waals surface area contributed by atoms with E-state index in [-0.39, 0.29) is 12.2 Å². The molecule has 0 saturated heterocycles. The highest BCUT2D eigenvalue weighted by atomic mass is 32.2. The van der Waals surface area contributed by atoms with Crippen LogP contribution in [0.4, 0.5) is 4.79 Å². The molecule has 21 heavy (non-hydrogen) atoms. The minimum atomic E-state index is -1.10. The van der Waals surface area contributed by atoms with Gasteiger partial charge in [-0.05, 0) is 36.1 Å². The molecule has 0 saturated carbocycles. The first-order valence-corrected chi connectivity index (χ1v) is 7.96. The van der Waals surface area contributed by atoms with Crippen LogP contribution < -0.4 is 10.6 Å². The standard InChI is InChI=1S/C14H20N2O4S/c1-21-8-2-7-15-14(20)16-12(13(18)19)9-10-3-5-11(17)6-4-10/h3-6,12,17H,2,7-9H2,1H3,(H,18,19)(H2,15,16,20)/t12-/m1/s1. The van der Waals surface area contributed by atoms with Gasteiger partial charge in [0.05, 0.1) is 0 Å². The molecule has 0 spiro atoms. The van der Waals surface area contributed by atoms with Crippen molar-refractivity contribution in [3.05, 3.63) is 29.8 Å². The first kappa shape index (κ1) is 17.2. The number of thioether (sulfide) groups is 1. The number of carbonyl (C=O) groups excluding carboxylic acids is 1. The molecule has 1 atom stereocenters. The summed E-state index contributed by atoms with van der Waals surface area (Å²) in [5.41, 5.74) is 0.725. The van der Waals surface area contributed by atoms with Gasteiger partial charge < -0.3 is 20.8 Å². The smallest absolute Gasteiger partial charge is 0.326 e. The quantitative estimate of drug-likeness (QED) is 0.544. The molecule has 0 aliphatic carbocycles. The van der Waals surface area contributed by atoms with Crippen molar-refractivity contribution in [1.82, 2.24) is 10.6 Å². The van der Waals surface area contributed by atoms with Crippen LogP contribution in [0.15, 0.2) is 24.3 Å².